The Kier molecular flexibility index (Phi) is 3.37. The molecule has 0 aliphatic heterocycles. The second-order valence-electron chi connectivity index (χ2n) is 11.4. The van der Waals surface area contributed by atoms with Gasteiger partial charge >= 0.3 is 0 Å². The number of rotatable bonds is 6. The molecule has 10 rings (SSSR count). The summed E-state index contributed by atoms with van der Waals surface area (Å²) in [5.74, 6) is 0. The summed E-state index contributed by atoms with van der Waals surface area (Å²) in [6.07, 6.45) is 0. The van der Waals surface area contributed by atoms with Gasteiger partial charge in [0.1, 0.15) is 0 Å². The highest BCUT2D eigenvalue weighted by atomic mass is 32.1. The molecule has 238 valence electrons. The lowest BCUT2D eigenvalue weighted by Gasteiger charge is -2.14. The van der Waals surface area contributed by atoms with E-state index in [1.807, 2.05) is 0 Å². The fourth-order valence-electron chi connectivity index (χ4n) is 6.34. The highest BCUT2D eigenvalue weighted by molar-refractivity contribution is 7.19. The third kappa shape index (κ3) is 4.63. The van der Waals surface area contributed by atoms with Crippen molar-refractivity contribution < 1.29 is 30.2 Å². The van der Waals surface area contributed by atoms with Crippen LogP contribution in [0.15, 0.2) is 163 Å². The van der Waals surface area contributed by atoms with Crippen molar-refractivity contribution in [1.82, 2.24) is 4.98 Å². The van der Waals surface area contributed by atoms with Crippen LogP contribution < -0.4 is 0 Å². The van der Waals surface area contributed by atoms with E-state index in [0.29, 0.717) is 35.4 Å². The smallest absolute Gasteiger partial charge is 0.0971 e. The third-order valence-corrected chi connectivity index (χ3v) is 9.67. The minimum absolute atomic E-state index is 0.116. The SMILES string of the molecule is [2H]C=Nc1c(C([2H])=C[2H])c([2H])c([2H])c2c([2H])c([2H])c(-c3ccc(-c4c([2H])c([2H])c([2H])c(-c5sc(-c6c([2H])c([2H])c7c([2H])c([2H])c8c([2H])c([2H])c([2H])c9c([2H])c([2H])c6c7c89)c([2H])c5[2H])c4[2H])c4ccccc34)nc12. The van der Waals surface area contributed by atoms with Crippen molar-refractivity contribution in [3.05, 3.63) is 163 Å². The molecule has 0 N–H and O–H groups in total. The Balaban J connectivity index is 1.23. The first-order valence-electron chi connectivity index (χ1n) is 26.5. The Hall–Kier alpha value is -6.42. The maximum atomic E-state index is 9.68. The first-order chi connectivity index (χ1) is 34.5. The zero-order valence-electron chi connectivity index (χ0n) is 47.9. The van der Waals surface area contributed by atoms with Gasteiger partial charge in [0.25, 0.3) is 0 Å². The zero-order valence-corrected chi connectivity index (χ0v) is 26.7. The minimum atomic E-state index is -0.669. The molecular weight excluding hydrogens is 637 g/mol. The molecule has 10 aromatic rings. The minimum Gasteiger partial charge on any atom is -0.262 e. The van der Waals surface area contributed by atoms with Gasteiger partial charge in [0.05, 0.1) is 47.1 Å². The van der Waals surface area contributed by atoms with E-state index in [0.717, 1.165) is 0 Å². The van der Waals surface area contributed by atoms with Crippen LogP contribution in [0.1, 0.15) is 35.7 Å². The van der Waals surface area contributed by atoms with Crippen LogP contribution in [0.25, 0.3) is 103 Å². The van der Waals surface area contributed by atoms with Crippen molar-refractivity contribution in [2.24, 2.45) is 4.99 Å². The lowest BCUT2D eigenvalue weighted by Crippen LogP contribution is -1.90. The van der Waals surface area contributed by atoms with E-state index in [-0.39, 0.29) is 97.7 Å². The van der Waals surface area contributed by atoms with Gasteiger partial charge in [-0.05, 0) is 96.2 Å². The number of aromatic nitrogens is 1. The molecular formula is C48H30N2S. The molecule has 2 heterocycles. The quantitative estimate of drug-likeness (QED) is 0.126. The molecule has 0 unspecified atom stereocenters. The summed E-state index contributed by atoms with van der Waals surface area (Å²) in [6.45, 7) is 1.26. The van der Waals surface area contributed by atoms with Gasteiger partial charge in [-0.2, -0.15) is 0 Å². The average Bonchev–Trinajstić information content (AvgIpc) is 3.65. The number of hydrogen-bond acceptors (Lipinski definition) is 3. The van der Waals surface area contributed by atoms with Crippen molar-refractivity contribution in [2.45, 2.75) is 0 Å². The van der Waals surface area contributed by atoms with Crippen molar-refractivity contribution >= 4 is 83.8 Å². The molecule has 3 heteroatoms. The summed E-state index contributed by atoms with van der Waals surface area (Å²) < 4.78 is 195. The zero-order chi connectivity index (χ0) is 52.9. The number of nitrogens with zero attached hydrogens (tertiary/aromatic N) is 2. The monoisotopic (exact) mass is 688 g/mol. The summed E-state index contributed by atoms with van der Waals surface area (Å²) in [5, 5.41) is -0.905. The van der Waals surface area contributed by atoms with Crippen molar-refractivity contribution in [3.8, 4) is 43.3 Å². The molecule has 0 amide bonds. The van der Waals surface area contributed by atoms with Gasteiger partial charge in [0, 0.05) is 26.3 Å². The molecule has 0 fully saturated rings. The Labute approximate surface area is 330 Å². The summed E-state index contributed by atoms with van der Waals surface area (Å²) in [6, 6.07) is -2.20. The van der Waals surface area contributed by atoms with Crippen LogP contribution in [0, 0.1) is 0 Å². The fraction of sp³-hybridized carbons (Fsp3) is 0. The van der Waals surface area contributed by atoms with Crippen LogP contribution in [0.4, 0.5) is 5.69 Å². The predicted molar refractivity (Wildman–Crippen MR) is 222 cm³/mol. The van der Waals surface area contributed by atoms with E-state index in [4.69, 9.17) is 23.3 Å². The standard InChI is InChI=1S/C48H30N2S/c1-3-29-14-17-33-20-25-42(50-48(33)47(29)49-2)39-24-23-36(37-12-4-5-13-38(37)39)34-10-7-11-35(28-34)43-26-27-44(51-43)40-21-18-32-16-15-30-8-6-9-31-19-22-41(40)46(32)45(30)31/h3-28H,1-2H2/i1D,2D,3D,6D,7D,8D,9D,10D,11D,14D,15D,16D,17D,18D,19D,20D,21D,22D,25D,26D,27D,28D. The van der Waals surface area contributed by atoms with Crippen LogP contribution >= 0.6 is 11.3 Å². The molecule has 0 atom stereocenters. The first-order valence-corrected chi connectivity index (χ1v) is 16.2. The Bertz CT molecular complexity index is 4220. The largest absolute Gasteiger partial charge is 0.262 e. The number of thiophene rings is 1. The van der Waals surface area contributed by atoms with Crippen molar-refractivity contribution in [3.63, 3.8) is 0 Å². The van der Waals surface area contributed by atoms with E-state index >= 15 is 0 Å². The summed E-state index contributed by atoms with van der Waals surface area (Å²) in [7, 11) is 0. The van der Waals surface area contributed by atoms with Gasteiger partial charge < -0.3 is 0 Å². The highest BCUT2D eigenvalue weighted by Crippen LogP contribution is 2.44. The molecule has 0 aliphatic rings. The molecule has 0 radical (unpaired) electrons. The van der Waals surface area contributed by atoms with Crippen LogP contribution in [-0.4, -0.2) is 11.7 Å². The second kappa shape index (κ2) is 11.6. The second-order valence-corrected chi connectivity index (χ2v) is 12.4. The number of benzene rings is 8. The van der Waals surface area contributed by atoms with E-state index in [1.165, 1.54) is 12.1 Å². The number of fused-ring (bicyclic) bond motifs is 2. The van der Waals surface area contributed by atoms with Crippen LogP contribution in [0.3, 0.4) is 0 Å². The Morgan fingerprint density at radius 2 is 1.33 bits per heavy atom. The van der Waals surface area contributed by atoms with Gasteiger partial charge in [-0.1, -0.05) is 140 Å². The maximum Gasteiger partial charge on any atom is 0.0971 e. The molecule has 0 spiro atoms. The Morgan fingerprint density at radius 3 is 2.20 bits per heavy atom. The molecule has 2 aromatic heterocycles. The van der Waals surface area contributed by atoms with Gasteiger partial charge in [-0.25, -0.2) is 4.98 Å². The number of aliphatic imine (C=N–C) groups is 1. The topological polar surface area (TPSA) is 25.2 Å². The van der Waals surface area contributed by atoms with Crippen molar-refractivity contribution in [2.75, 3.05) is 0 Å². The van der Waals surface area contributed by atoms with E-state index in [2.05, 4.69) is 9.98 Å². The van der Waals surface area contributed by atoms with Crippen LogP contribution in [0.5, 0.6) is 0 Å². The normalized spacial score (nSPS) is 18.4. The van der Waals surface area contributed by atoms with Gasteiger partial charge in [0.2, 0.25) is 0 Å². The molecule has 2 nitrogen and oxygen atoms in total. The number of hydrogen-bond donors (Lipinski definition) is 0. The molecule has 51 heavy (non-hydrogen) atoms. The van der Waals surface area contributed by atoms with E-state index in [1.54, 1.807) is 24.3 Å². The van der Waals surface area contributed by atoms with E-state index < -0.39 is 121 Å². The highest BCUT2D eigenvalue weighted by Gasteiger charge is 2.16. The predicted octanol–water partition coefficient (Wildman–Crippen LogP) is 14.0. The third-order valence-electron chi connectivity index (χ3n) is 8.65. The van der Waals surface area contributed by atoms with Crippen molar-refractivity contribution in [1.29, 1.82) is 0 Å². The van der Waals surface area contributed by atoms with Crippen LogP contribution in [0.2, 0.25) is 0 Å². The summed E-state index contributed by atoms with van der Waals surface area (Å²) >= 11 is 0.626. The molecule has 8 aromatic carbocycles. The van der Waals surface area contributed by atoms with Gasteiger partial charge in [-0.15, -0.1) is 11.3 Å². The van der Waals surface area contributed by atoms with Gasteiger partial charge in [0.15, 0.2) is 0 Å². The maximum absolute atomic E-state index is 9.68. The molecule has 0 aliphatic carbocycles. The van der Waals surface area contributed by atoms with Crippen LogP contribution in [-0.2, 0) is 0 Å². The van der Waals surface area contributed by atoms with Gasteiger partial charge in [-0.3, -0.25) is 4.99 Å². The fourth-order valence-corrected chi connectivity index (χ4v) is 7.21. The molecule has 0 saturated heterocycles. The van der Waals surface area contributed by atoms with E-state index in [9.17, 15) is 6.85 Å². The lowest BCUT2D eigenvalue weighted by molar-refractivity contribution is 1.39. The first kappa shape index (κ1) is 14.8. The number of pyridine rings is 1. The summed E-state index contributed by atoms with van der Waals surface area (Å²) in [4.78, 5) is 8.21. The summed E-state index contributed by atoms with van der Waals surface area (Å²) in [5.41, 5.74) is -1.28. The average molecular weight is 689 g/mol. The molecule has 0 bridgehead atoms. The molecule has 0 saturated carbocycles. The Morgan fingerprint density at radius 1 is 0.627 bits per heavy atom. The lowest BCUT2D eigenvalue weighted by atomic mass is 9.91.